The Labute approximate surface area is 111 Å². The van der Waals surface area contributed by atoms with E-state index in [9.17, 15) is 8.78 Å². The molecule has 0 aliphatic heterocycles. The zero-order chi connectivity index (χ0) is 13.7. The highest BCUT2D eigenvalue weighted by atomic mass is 19.3. The maximum absolute atomic E-state index is 12.6. The predicted octanol–water partition coefficient (Wildman–Crippen LogP) is 3.84. The molecule has 0 aliphatic carbocycles. The number of benzene rings is 1. The number of hydrogen-bond acceptors (Lipinski definition) is 2. The Hall–Kier alpha value is -1.91. The summed E-state index contributed by atoms with van der Waals surface area (Å²) >= 11 is 0. The summed E-state index contributed by atoms with van der Waals surface area (Å²) in [7, 11) is 0. The molecule has 3 nitrogen and oxygen atoms in total. The van der Waals surface area contributed by atoms with Crippen molar-refractivity contribution < 1.29 is 8.78 Å². The highest BCUT2D eigenvalue weighted by molar-refractivity contribution is 5.44. The molecule has 102 valence electrons. The van der Waals surface area contributed by atoms with Gasteiger partial charge in [-0.3, -0.25) is 4.57 Å². The summed E-state index contributed by atoms with van der Waals surface area (Å²) in [6.45, 7) is -0.132. The normalized spacial score (nSPS) is 10.9. The number of aromatic nitrogens is 2. The van der Waals surface area contributed by atoms with Crippen molar-refractivity contribution in [3.8, 4) is 0 Å². The van der Waals surface area contributed by atoms with E-state index in [4.69, 9.17) is 0 Å². The monoisotopic (exact) mass is 265 g/mol. The Kier molecular flexibility index (Phi) is 4.49. The summed E-state index contributed by atoms with van der Waals surface area (Å²) < 4.78 is 26.1. The van der Waals surface area contributed by atoms with Crippen molar-refractivity contribution in [2.45, 2.75) is 32.9 Å². The molecule has 0 bridgehead atoms. The van der Waals surface area contributed by atoms with Crippen molar-refractivity contribution in [2.24, 2.45) is 0 Å². The van der Waals surface area contributed by atoms with E-state index in [1.54, 1.807) is 0 Å². The molecular formula is C14H17F2N3. The first kappa shape index (κ1) is 13.5. The number of anilines is 1. The van der Waals surface area contributed by atoms with Gasteiger partial charge in [0.1, 0.15) is 5.82 Å². The fourth-order valence-corrected chi connectivity index (χ4v) is 1.92. The van der Waals surface area contributed by atoms with E-state index in [1.165, 1.54) is 18.0 Å². The molecule has 2 aromatic rings. The standard InChI is InChI=1S/C14H17F2N3/c1-2-3-11-4-6-12(7-5-11)18-10-13-17-8-9-19(13)14(15)16/h4-9,14,18H,2-3,10H2,1H3. The smallest absolute Gasteiger partial charge is 0.319 e. The lowest BCUT2D eigenvalue weighted by Gasteiger charge is -2.09. The molecule has 0 radical (unpaired) electrons. The minimum absolute atomic E-state index is 0.282. The lowest BCUT2D eigenvalue weighted by Crippen LogP contribution is -2.09. The molecule has 2 rings (SSSR count). The van der Waals surface area contributed by atoms with Crippen LogP contribution < -0.4 is 5.32 Å². The molecule has 1 aromatic heterocycles. The molecule has 0 atom stereocenters. The van der Waals surface area contributed by atoms with E-state index in [0.717, 1.165) is 23.1 Å². The van der Waals surface area contributed by atoms with Gasteiger partial charge in [0, 0.05) is 18.1 Å². The molecular weight excluding hydrogens is 248 g/mol. The van der Waals surface area contributed by atoms with Crippen LogP contribution in [0.3, 0.4) is 0 Å². The topological polar surface area (TPSA) is 29.9 Å². The van der Waals surface area contributed by atoms with Gasteiger partial charge >= 0.3 is 6.55 Å². The summed E-state index contributed by atoms with van der Waals surface area (Å²) in [4.78, 5) is 3.92. The molecule has 0 saturated heterocycles. The Balaban J connectivity index is 1.96. The second kappa shape index (κ2) is 6.31. The second-order valence-electron chi connectivity index (χ2n) is 4.33. The third kappa shape index (κ3) is 3.53. The summed E-state index contributed by atoms with van der Waals surface area (Å²) in [5, 5.41) is 3.09. The van der Waals surface area contributed by atoms with Gasteiger partial charge in [0.2, 0.25) is 0 Å². The van der Waals surface area contributed by atoms with E-state index >= 15 is 0 Å². The molecule has 1 aromatic carbocycles. The lowest BCUT2D eigenvalue weighted by atomic mass is 10.1. The van der Waals surface area contributed by atoms with Crippen molar-refractivity contribution >= 4 is 5.69 Å². The first-order chi connectivity index (χ1) is 9.20. The third-order valence-electron chi connectivity index (χ3n) is 2.90. The average Bonchev–Trinajstić information content (AvgIpc) is 2.87. The SMILES string of the molecule is CCCc1ccc(NCc2nccn2C(F)F)cc1. The number of halogens is 2. The van der Waals surface area contributed by atoms with Gasteiger partial charge in [-0.15, -0.1) is 0 Å². The summed E-state index contributed by atoms with van der Waals surface area (Å²) in [6.07, 6.45) is 4.83. The van der Waals surface area contributed by atoms with Crippen LogP contribution in [0.5, 0.6) is 0 Å². The lowest BCUT2D eigenvalue weighted by molar-refractivity contribution is 0.0673. The van der Waals surface area contributed by atoms with E-state index < -0.39 is 6.55 Å². The minimum Gasteiger partial charge on any atom is -0.378 e. The van der Waals surface area contributed by atoms with E-state index in [1.807, 2.05) is 24.3 Å². The van der Waals surface area contributed by atoms with Crippen LogP contribution in [-0.2, 0) is 13.0 Å². The first-order valence-corrected chi connectivity index (χ1v) is 6.33. The van der Waals surface area contributed by atoms with Crippen LogP contribution in [0.25, 0.3) is 0 Å². The zero-order valence-electron chi connectivity index (χ0n) is 10.8. The second-order valence-corrected chi connectivity index (χ2v) is 4.33. The molecule has 0 unspecified atom stereocenters. The zero-order valence-corrected chi connectivity index (χ0v) is 10.8. The van der Waals surface area contributed by atoms with Crippen LogP contribution in [-0.4, -0.2) is 9.55 Å². The van der Waals surface area contributed by atoms with Crippen molar-refractivity contribution in [1.82, 2.24) is 9.55 Å². The molecule has 1 heterocycles. The molecule has 5 heteroatoms. The highest BCUT2D eigenvalue weighted by Gasteiger charge is 2.10. The van der Waals surface area contributed by atoms with Gasteiger partial charge in [-0.05, 0) is 24.1 Å². The van der Waals surface area contributed by atoms with E-state index in [2.05, 4.69) is 17.2 Å². The van der Waals surface area contributed by atoms with Crippen LogP contribution >= 0.6 is 0 Å². The number of nitrogens with one attached hydrogen (secondary N) is 1. The quantitative estimate of drug-likeness (QED) is 0.860. The van der Waals surface area contributed by atoms with Gasteiger partial charge in [0.25, 0.3) is 0 Å². The average molecular weight is 265 g/mol. The number of nitrogens with zero attached hydrogens (tertiary/aromatic N) is 2. The maximum atomic E-state index is 12.6. The van der Waals surface area contributed by atoms with Gasteiger partial charge in [-0.2, -0.15) is 8.78 Å². The van der Waals surface area contributed by atoms with Gasteiger partial charge in [0.15, 0.2) is 0 Å². The van der Waals surface area contributed by atoms with Crippen molar-refractivity contribution in [2.75, 3.05) is 5.32 Å². The molecule has 19 heavy (non-hydrogen) atoms. The fourth-order valence-electron chi connectivity index (χ4n) is 1.92. The van der Waals surface area contributed by atoms with E-state index in [0.29, 0.717) is 5.82 Å². The Morgan fingerprint density at radius 1 is 1.26 bits per heavy atom. The third-order valence-corrected chi connectivity index (χ3v) is 2.90. The largest absolute Gasteiger partial charge is 0.378 e. The Morgan fingerprint density at radius 2 is 2.00 bits per heavy atom. The number of imidazole rings is 1. The van der Waals surface area contributed by atoms with Gasteiger partial charge < -0.3 is 5.32 Å². The van der Waals surface area contributed by atoms with Crippen LogP contribution in [0.2, 0.25) is 0 Å². The molecule has 0 amide bonds. The van der Waals surface area contributed by atoms with Crippen LogP contribution in [0.4, 0.5) is 14.5 Å². The maximum Gasteiger partial charge on any atom is 0.319 e. The van der Waals surface area contributed by atoms with Gasteiger partial charge in [-0.1, -0.05) is 25.5 Å². The van der Waals surface area contributed by atoms with Gasteiger partial charge in [0.05, 0.1) is 6.54 Å². The summed E-state index contributed by atoms with van der Waals surface area (Å²) in [6, 6.07) is 8.01. The molecule has 1 N–H and O–H groups in total. The number of hydrogen-bond donors (Lipinski definition) is 1. The Bertz CT molecular complexity index is 506. The number of rotatable bonds is 6. The number of alkyl halides is 2. The number of aryl methyl sites for hydroxylation is 1. The van der Waals surface area contributed by atoms with Crippen LogP contribution in [0.15, 0.2) is 36.7 Å². The predicted molar refractivity (Wildman–Crippen MR) is 71.2 cm³/mol. The summed E-state index contributed by atoms with van der Waals surface area (Å²) in [5.74, 6) is 0.327. The summed E-state index contributed by atoms with van der Waals surface area (Å²) in [5.41, 5.74) is 2.19. The molecule has 0 saturated carbocycles. The molecule has 0 spiro atoms. The van der Waals surface area contributed by atoms with Crippen LogP contribution in [0.1, 0.15) is 31.3 Å². The molecule has 0 fully saturated rings. The Morgan fingerprint density at radius 3 is 2.63 bits per heavy atom. The van der Waals surface area contributed by atoms with E-state index in [-0.39, 0.29) is 6.54 Å². The van der Waals surface area contributed by atoms with Crippen LogP contribution in [0, 0.1) is 0 Å². The fraction of sp³-hybridized carbons (Fsp3) is 0.357. The van der Waals surface area contributed by atoms with Gasteiger partial charge in [-0.25, -0.2) is 4.98 Å². The minimum atomic E-state index is -2.55. The molecule has 0 aliphatic rings. The van der Waals surface area contributed by atoms with Crippen molar-refractivity contribution in [1.29, 1.82) is 0 Å². The van der Waals surface area contributed by atoms with Crippen molar-refractivity contribution in [3.05, 3.63) is 48.0 Å². The van der Waals surface area contributed by atoms with Crippen molar-refractivity contribution in [3.63, 3.8) is 0 Å². The first-order valence-electron chi connectivity index (χ1n) is 6.33. The highest BCUT2D eigenvalue weighted by Crippen LogP contribution is 2.15.